The number of hydrogen-bond donors (Lipinski definition) is 0. The highest BCUT2D eigenvalue weighted by molar-refractivity contribution is 5.63. The first-order valence-electron chi connectivity index (χ1n) is 5.99. The summed E-state index contributed by atoms with van der Waals surface area (Å²) in [6.45, 7) is 10.0. The van der Waals surface area contributed by atoms with E-state index in [9.17, 15) is 9.90 Å². The molecule has 0 aliphatic rings. The van der Waals surface area contributed by atoms with Gasteiger partial charge in [0, 0.05) is 12.6 Å². The first-order valence-corrected chi connectivity index (χ1v) is 5.99. The van der Waals surface area contributed by atoms with Crippen molar-refractivity contribution in [1.29, 1.82) is 0 Å². The lowest BCUT2D eigenvalue weighted by atomic mass is 10.4. The van der Waals surface area contributed by atoms with Crippen LogP contribution >= 0.6 is 0 Å². The zero-order chi connectivity index (χ0) is 13.0. The van der Waals surface area contributed by atoms with Gasteiger partial charge < -0.3 is 19.1 Å². The molecule has 0 rings (SSSR count). The van der Waals surface area contributed by atoms with Gasteiger partial charge in [-0.2, -0.15) is 0 Å². The zero-order valence-electron chi connectivity index (χ0n) is 11.4. The minimum absolute atomic E-state index is 0.181. The van der Waals surface area contributed by atoms with Gasteiger partial charge in [0.1, 0.15) is 6.54 Å². The van der Waals surface area contributed by atoms with Crippen LogP contribution in [0.25, 0.3) is 0 Å². The van der Waals surface area contributed by atoms with Crippen LogP contribution < -0.4 is 5.11 Å². The van der Waals surface area contributed by atoms with E-state index in [1.165, 1.54) is 6.54 Å². The molecule has 4 nitrogen and oxygen atoms in total. The smallest absolute Gasteiger partial charge is 0.102 e. The lowest BCUT2D eigenvalue weighted by Crippen LogP contribution is -2.41. The van der Waals surface area contributed by atoms with Crippen LogP contribution in [0.2, 0.25) is 0 Å². The highest BCUT2D eigenvalue weighted by Gasteiger charge is 2.09. The van der Waals surface area contributed by atoms with Crippen LogP contribution in [0.15, 0.2) is 0 Å². The van der Waals surface area contributed by atoms with Crippen molar-refractivity contribution in [1.82, 2.24) is 0 Å². The standard InChI is InChI=1S/C8H20NO.C4H8O2/c1-5-9(3,4)7-8-10-6-2;1-2-3-4(5)6/h5-8H2,1-4H3;2-3H2,1H3,(H,5,6)/q+1;/p-1. The molecule has 98 valence electrons. The van der Waals surface area contributed by atoms with Gasteiger partial charge in [0.05, 0.1) is 27.2 Å². The van der Waals surface area contributed by atoms with E-state index in [0.29, 0.717) is 6.42 Å². The third-order valence-corrected chi connectivity index (χ3v) is 2.36. The number of hydrogen-bond acceptors (Lipinski definition) is 3. The van der Waals surface area contributed by atoms with E-state index in [2.05, 4.69) is 21.0 Å². The normalized spacial score (nSPS) is 10.6. The molecule has 0 amide bonds. The first kappa shape index (κ1) is 17.8. The fraction of sp³-hybridized carbons (Fsp3) is 0.917. The lowest BCUT2D eigenvalue weighted by molar-refractivity contribution is -0.888. The molecule has 0 aliphatic heterocycles. The average molecular weight is 233 g/mol. The molecule has 0 spiro atoms. The molecule has 4 heteroatoms. The van der Waals surface area contributed by atoms with Gasteiger partial charge in [-0.05, 0) is 20.3 Å². The number of carboxylic acid groups (broad SMARTS) is 1. The molecule has 16 heavy (non-hydrogen) atoms. The molecule has 0 saturated heterocycles. The molecule has 0 aromatic carbocycles. The van der Waals surface area contributed by atoms with E-state index >= 15 is 0 Å². The molecule has 0 fully saturated rings. The Morgan fingerprint density at radius 1 is 1.25 bits per heavy atom. The largest absolute Gasteiger partial charge is 0.550 e. The van der Waals surface area contributed by atoms with Crippen molar-refractivity contribution in [2.24, 2.45) is 0 Å². The summed E-state index contributed by atoms with van der Waals surface area (Å²) in [5.41, 5.74) is 0. The van der Waals surface area contributed by atoms with Crippen molar-refractivity contribution in [3.8, 4) is 0 Å². The lowest BCUT2D eigenvalue weighted by Gasteiger charge is -2.27. The van der Waals surface area contributed by atoms with E-state index < -0.39 is 5.97 Å². The Hall–Kier alpha value is -0.610. The number of carbonyl (C=O) groups is 1. The summed E-state index contributed by atoms with van der Waals surface area (Å²) in [5, 5.41) is 9.49. The van der Waals surface area contributed by atoms with Crippen molar-refractivity contribution in [3.63, 3.8) is 0 Å². The Morgan fingerprint density at radius 2 is 1.81 bits per heavy atom. The minimum atomic E-state index is -0.961. The molecule has 0 bridgehead atoms. The van der Waals surface area contributed by atoms with Crippen LogP contribution in [0.4, 0.5) is 0 Å². The fourth-order valence-electron chi connectivity index (χ4n) is 0.818. The third kappa shape index (κ3) is 15.8. The molecular weight excluding hydrogens is 206 g/mol. The zero-order valence-corrected chi connectivity index (χ0v) is 11.4. The number of nitrogens with zero attached hydrogens (tertiary/aromatic N) is 1. The average Bonchev–Trinajstić information content (AvgIpc) is 2.19. The molecule has 0 aliphatic carbocycles. The minimum Gasteiger partial charge on any atom is -0.550 e. The van der Waals surface area contributed by atoms with Gasteiger partial charge in [-0.25, -0.2) is 0 Å². The summed E-state index contributed by atoms with van der Waals surface area (Å²) in [5.74, 6) is -0.961. The van der Waals surface area contributed by atoms with Crippen LogP contribution in [0, 0.1) is 0 Å². The van der Waals surface area contributed by atoms with Crippen LogP contribution in [0.3, 0.4) is 0 Å². The predicted octanol–water partition coefficient (Wildman–Crippen LogP) is 0.656. The summed E-state index contributed by atoms with van der Waals surface area (Å²) in [7, 11) is 4.44. The summed E-state index contributed by atoms with van der Waals surface area (Å²) in [6, 6.07) is 0. The summed E-state index contributed by atoms with van der Waals surface area (Å²) in [4.78, 5) is 9.49. The van der Waals surface area contributed by atoms with Crippen LogP contribution in [0.1, 0.15) is 33.6 Å². The number of carbonyl (C=O) groups excluding carboxylic acids is 1. The van der Waals surface area contributed by atoms with Crippen LogP contribution in [-0.4, -0.2) is 50.9 Å². The second-order valence-corrected chi connectivity index (χ2v) is 4.29. The Bertz CT molecular complexity index is 170. The highest BCUT2D eigenvalue weighted by Crippen LogP contribution is 1.94. The highest BCUT2D eigenvalue weighted by atomic mass is 16.5. The number of aliphatic carboxylic acids is 1. The Labute approximate surface area is 99.8 Å². The van der Waals surface area contributed by atoms with Gasteiger partial charge in [0.2, 0.25) is 0 Å². The van der Waals surface area contributed by atoms with Crippen molar-refractivity contribution in [2.75, 3.05) is 40.4 Å². The van der Waals surface area contributed by atoms with Gasteiger partial charge in [-0.15, -0.1) is 0 Å². The van der Waals surface area contributed by atoms with Gasteiger partial charge in [0.25, 0.3) is 0 Å². The predicted molar refractivity (Wildman–Crippen MR) is 63.9 cm³/mol. The maximum absolute atomic E-state index is 9.49. The quantitative estimate of drug-likeness (QED) is 0.479. The van der Waals surface area contributed by atoms with Crippen LogP contribution in [-0.2, 0) is 9.53 Å². The second kappa shape index (κ2) is 10.9. The molecule has 0 atom stereocenters. The van der Waals surface area contributed by atoms with E-state index in [4.69, 9.17) is 4.74 Å². The Kier molecular flexibility index (Phi) is 12.1. The van der Waals surface area contributed by atoms with Crippen molar-refractivity contribution in [3.05, 3.63) is 0 Å². The third-order valence-electron chi connectivity index (χ3n) is 2.36. The molecule has 0 radical (unpaired) electrons. The SMILES string of the molecule is CCCC(=O)[O-].CCOCC[N+](C)(C)CC. The van der Waals surface area contributed by atoms with Gasteiger partial charge >= 0.3 is 0 Å². The number of ether oxygens (including phenoxy) is 1. The molecule has 0 saturated carbocycles. The molecule has 0 N–H and O–H groups in total. The number of carboxylic acids is 1. The molecule has 0 unspecified atom stereocenters. The van der Waals surface area contributed by atoms with E-state index in [1.54, 1.807) is 6.92 Å². The van der Waals surface area contributed by atoms with Crippen molar-refractivity contribution in [2.45, 2.75) is 33.6 Å². The number of quaternary nitrogens is 1. The van der Waals surface area contributed by atoms with Gasteiger partial charge in [0.15, 0.2) is 0 Å². The van der Waals surface area contributed by atoms with E-state index in [-0.39, 0.29) is 6.42 Å². The second-order valence-electron chi connectivity index (χ2n) is 4.29. The molecule has 0 aromatic rings. The van der Waals surface area contributed by atoms with Crippen molar-refractivity contribution >= 4 is 5.97 Å². The summed E-state index contributed by atoms with van der Waals surface area (Å²) < 4.78 is 6.31. The van der Waals surface area contributed by atoms with Gasteiger partial charge in [-0.3, -0.25) is 0 Å². The monoisotopic (exact) mass is 233 g/mol. The maximum atomic E-state index is 9.49. The summed E-state index contributed by atoms with van der Waals surface area (Å²) >= 11 is 0. The van der Waals surface area contributed by atoms with Crippen molar-refractivity contribution < 1.29 is 19.1 Å². The Morgan fingerprint density at radius 3 is 2.06 bits per heavy atom. The fourth-order valence-corrected chi connectivity index (χ4v) is 0.818. The number of rotatable bonds is 7. The van der Waals surface area contributed by atoms with E-state index in [1.807, 2.05) is 6.92 Å². The van der Waals surface area contributed by atoms with Gasteiger partial charge in [-0.1, -0.05) is 13.3 Å². The molecule has 0 aromatic heterocycles. The molecule has 0 heterocycles. The first-order chi connectivity index (χ1) is 7.39. The van der Waals surface area contributed by atoms with E-state index in [0.717, 1.165) is 24.2 Å². The topological polar surface area (TPSA) is 49.4 Å². The van der Waals surface area contributed by atoms with Crippen LogP contribution in [0.5, 0.6) is 0 Å². The summed E-state index contributed by atoms with van der Waals surface area (Å²) in [6.07, 6.45) is 0.850. The Balaban J connectivity index is 0. The maximum Gasteiger partial charge on any atom is 0.102 e. The number of likely N-dealkylation sites (N-methyl/N-ethyl adjacent to an activating group) is 1. The molecular formula is C12H27NO3.